The second-order valence-electron chi connectivity index (χ2n) is 4.79. The number of aryl methyl sites for hydroxylation is 1. The third-order valence-corrected chi connectivity index (χ3v) is 3.61. The van der Waals surface area contributed by atoms with Crippen molar-refractivity contribution in [3.05, 3.63) is 69.9 Å². The van der Waals surface area contributed by atoms with Gasteiger partial charge in [0.1, 0.15) is 16.5 Å². The molecule has 3 rings (SSSR count). The molecule has 3 aromatic heterocycles. The first kappa shape index (κ1) is 14.5. The summed E-state index contributed by atoms with van der Waals surface area (Å²) in [4.78, 5) is 13.9. The summed E-state index contributed by atoms with van der Waals surface area (Å²) in [5, 5.41) is 4.16. The molecule has 6 nitrogen and oxygen atoms in total. The summed E-state index contributed by atoms with van der Waals surface area (Å²) < 4.78 is 12.0. The van der Waals surface area contributed by atoms with E-state index < -0.39 is 0 Å². The molecule has 0 saturated heterocycles. The zero-order chi connectivity index (χ0) is 15.5. The minimum atomic E-state index is -0.344. The van der Waals surface area contributed by atoms with Gasteiger partial charge in [-0.25, -0.2) is 4.68 Å². The minimum absolute atomic E-state index is 0.121. The molecule has 0 saturated carbocycles. The lowest BCUT2D eigenvalue weighted by Crippen LogP contribution is -2.27. The molecule has 0 amide bonds. The second-order valence-corrected chi connectivity index (χ2v) is 5.17. The van der Waals surface area contributed by atoms with E-state index in [0.29, 0.717) is 18.8 Å². The van der Waals surface area contributed by atoms with E-state index in [2.05, 4.69) is 5.10 Å². The van der Waals surface area contributed by atoms with Crippen molar-refractivity contribution in [1.29, 1.82) is 0 Å². The SMILES string of the molecule is Cn1ncc(N(Cc2ccco2)Cc2ccco2)c(Cl)c1=O. The normalized spacial score (nSPS) is 10.8. The molecule has 0 aliphatic heterocycles. The van der Waals surface area contributed by atoms with Crippen molar-refractivity contribution in [2.75, 3.05) is 4.90 Å². The molecule has 22 heavy (non-hydrogen) atoms. The van der Waals surface area contributed by atoms with E-state index in [9.17, 15) is 4.79 Å². The van der Waals surface area contributed by atoms with E-state index in [1.165, 1.54) is 4.68 Å². The standard InChI is InChI=1S/C15H14ClN3O3/c1-18-15(20)14(16)13(8-17-18)19(9-11-4-2-6-21-11)10-12-5-3-7-22-12/h2-8H,9-10H2,1H3. The molecule has 3 heterocycles. The van der Waals surface area contributed by atoms with Gasteiger partial charge >= 0.3 is 0 Å². The van der Waals surface area contributed by atoms with Crippen LogP contribution in [0.2, 0.25) is 5.02 Å². The van der Waals surface area contributed by atoms with Gasteiger partial charge in [0.2, 0.25) is 0 Å². The van der Waals surface area contributed by atoms with Crippen molar-refractivity contribution >= 4 is 17.3 Å². The van der Waals surface area contributed by atoms with Crippen molar-refractivity contribution in [3.63, 3.8) is 0 Å². The van der Waals surface area contributed by atoms with Gasteiger partial charge in [0, 0.05) is 7.05 Å². The van der Waals surface area contributed by atoms with Crippen molar-refractivity contribution < 1.29 is 8.83 Å². The number of anilines is 1. The monoisotopic (exact) mass is 319 g/mol. The van der Waals surface area contributed by atoms with Crippen LogP contribution in [-0.4, -0.2) is 9.78 Å². The highest BCUT2D eigenvalue weighted by atomic mass is 35.5. The molecule has 0 radical (unpaired) electrons. The minimum Gasteiger partial charge on any atom is -0.467 e. The Kier molecular flexibility index (Phi) is 4.02. The molecule has 114 valence electrons. The smallest absolute Gasteiger partial charge is 0.287 e. The molecule has 0 atom stereocenters. The van der Waals surface area contributed by atoms with Crippen LogP contribution < -0.4 is 10.5 Å². The average molecular weight is 320 g/mol. The zero-order valence-electron chi connectivity index (χ0n) is 11.9. The number of aromatic nitrogens is 2. The number of nitrogens with zero attached hydrogens (tertiary/aromatic N) is 3. The summed E-state index contributed by atoms with van der Waals surface area (Å²) in [5.41, 5.74) is 0.195. The Bertz CT molecular complexity index is 758. The fourth-order valence-electron chi connectivity index (χ4n) is 2.13. The molecule has 0 N–H and O–H groups in total. The van der Waals surface area contributed by atoms with Gasteiger partial charge < -0.3 is 13.7 Å². The Labute approximate surface area is 131 Å². The molecule has 0 unspecified atom stereocenters. The Morgan fingerprint density at radius 1 is 1.18 bits per heavy atom. The summed E-state index contributed by atoms with van der Waals surface area (Å²) in [6.07, 6.45) is 4.77. The number of furan rings is 2. The van der Waals surface area contributed by atoms with Gasteiger partial charge in [0.25, 0.3) is 5.56 Å². The number of halogens is 1. The molecule has 0 spiro atoms. The Balaban J connectivity index is 1.97. The maximum absolute atomic E-state index is 12.0. The van der Waals surface area contributed by atoms with Crippen LogP contribution in [0.3, 0.4) is 0 Å². The molecular formula is C15H14ClN3O3. The van der Waals surface area contributed by atoms with Crippen LogP contribution in [0.1, 0.15) is 11.5 Å². The Hall–Kier alpha value is -2.47. The summed E-state index contributed by atoms with van der Waals surface area (Å²) in [5.74, 6) is 1.51. The second kappa shape index (κ2) is 6.11. The summed E-state index contributed by atoms with van der Waals surface area (Å²) in [6, 6.07) is 7.34. The topological polar surface area (TPSA) is 64.4 Å². The number of hydrogen-bond donors (Lipinski definition) is 0. The van der Waals surface area contributed by atoms with Crippen LogP contribution >= 0.6 is 11.6 Å². The predicted octanol–water partition coefficient (Wildman–Crippen LogP) is 2.83. The van der Waals surface area contributed by atoms with Crippen molar-refractivity contribution in [3.8, 4) is 0 Å². The van der Waals surface area contributed by atoms with E-state index in [1.54, 1.807) is 25.8 Å². The molecule has 0 aromatic carbocycles. The van der Waals surface area contributed by atoms with Gasteiger partial charge in [-0.05, 0) is 24.3 Å². The Morgan fingerprint density at radius 3 is 2.27 bits per heavy atom. The largest absolute Gasteiger partial charge is 0.467 e. The molecule has 3 aromatic rings. The highest BCUT2D eigenvalue weighted by molar-refractivity contribution is 6.33. The Morgan fingerprint density at radius 2 is 1.77 bits per heavy atom. The van der Waals surface area contributed by atoms with Crippen molar-refractivity contribution in [1.82, 2.24) is 9.78 Å². The summed E-state index contributed by atoms with van der Waals surface area (Å²) in [7, 11) is 1.56. The van der Waals surface area contributed by atoms with Crippen LogP contribution in [0.4, 0.5) is 5.69 Å². The molecule has 0 aliphatic carbocycles. The van der Waals surface area contributed by atoms with E-state index in [0.717, 1.165) is 11.5 Å². The molecule has 0 aliphatic rings. The quantitative estimate of drug-likeness (QED) is 0.723. The lowest BCUT2D eigenvalue weighted by molar-refractivity contribution is 0.476. The van der Waals surface area contributed by atoms with Crippen LogP contribution in [-0.2, 0) is 20.1 Å². The van der Waals surface area contributed by atoms with Crippen LogP contribution in [0.25, 0.3) is 0 Å². The van der Waals surface area contributed by atoms with Gasteiger partial charge in [-0.15, -0.1) is 0 Å². The van der Waals surface area contributed by atoms with Gasteiger partial charge in [-0.2, -0.15) is 5.10 Å². The van der Waals surface area contributed by atoms with Crippen LogP contribution in [0, 0.1) is 0 Å². The third-order valence-electron chi connectivity index (χ3n) is 3.25. The van der Waals surface area contributed by atoms with Gasteiger partial charge in [0.05, 0.1) is 37.5 Å². The van der Waals surface area contributed by atoms with Crippen molar-refractivity contribution in [2.24, 2.45) is 7.05 Å². The van der Waals surface area contributed by atoms with Gasteiger partial charge in [-0.1, -0.05) is 11.6 Å². The molecule has 7 heteroatoms. The molecule has 0 bridgehead atoms. The summed E-state index contributed by atoms with van der Waals surface area (Å²) in [6.45, 7) is 0.893. The van der Waals surface area contributed by atoms with E-state index in [1.807, 2.05) is 29.2 Å². The van der Waals surface area contributed by atoms with Crippen LogP contribution in [0.5, 0.6) is 0 Å². The van der Waals surface area contributed by atoms with Crippen molar-refractivity contribution in [2.45, 2.75) is 13.1 Å². The first-order valence-electron chi connectivity index (χ1n) is 6.66. The molecule has 0 fully saturated rings. The first-order chi connectivity index (χ1) is 10.6. The number of hydrogen-bond acceptors (Lipinski definition) is 5. The van der Waals surface area contributed by atoms with E-state index >= 15 is 0 Å². The molecular weight excluding hydrogens is 306 g/mol. The van der Waals surface area contributed by atoms with Crippen LogP contribution in [0.15, 0.2) is 56.6 Å². The highest BCUT2D eigenvalue weighted by Gasteiger charge is 2.17. The third kappa shape index (κ3) is 2.92. The van der Waals surface area contributed by atoms with E-state index in [-0.39, 0.29) is 10.6 Å². The van der Waals surface area contributed by atoms with Gasteiger partial charge in [-0.3, -0.25) is 4.79 Å². The first-order valence-corrected chi connectivity index (χ1v) is 7.04. The fourth-order valence-corrected chi connectivity index (χ4v) is 2.42. The average Bonchev–Trinajstić information content (AvgIpc) is 3.18. The number of rotatable bonds is 5. The lowest BCUT2D eigenvalue weighted by Gasteiger charge is -2.23. The van der Waals surface area contributed by atoms with Gasteiger partial charge in [0.15, 0.2) is 0 Å². The highest BCUT2D eigenvalue weighted by Crippen LogP contribution is 2.25. The predicted molar refractivity (Wildman–Crippen MR) is 81.8 cm³/mol. The summed E-state index contributed by atoms with van der Waals surface area (Å²) >= 11 is 6.20. The fraction of sp³-hybridized carbons (Fsp3) is 0.200. The zero-order valence-corrected chi connectivity index (χ0v) is 12.7. The maximum atomic E-state index is 12.0. The maximum Gasteiger partial charge on any atom is 0.287 e. The lowest BCUT2D eigenvalue weighted by atomic mass is 10.3. The van der Waals surface area contributed by atoms with E-state index in [4.69, 9.17) is 20.4 Å².